The third-order valence-electron chi connectivity index (χ3n) is 4.34. The number of esters is 1. The highest BCUT2D eigenvalue weighted by Gasteiger charge is 2.10. The molecule has 0 amide bonds. The summed E-state index contributed by atoms with van der Waals surface area (Å²) in [4.78, 5) is 24.0. The van der Waals surface area contributed by atoms with Crippen LogP contribution < -0.4 is 10.4 Å². The molecule has 0 N–H and O–H groups in total. The lowest BCUT2D eigenvalue weighted by atomic mass is 10.0. The zero-order valence-corrected chi connectivity index (χ0v) is 15.6. The van der Waals surface area contributed by atoms with E-state index in [4.69, 9.17) is 9.15 Å². The van der Waals surface area contributed by atoms with Gasteiger partial charge in [-0.1, -0.05) is 44.2 Å². The molecule has 0 atom stereocenters. The Morgan fingerprint density at radius 1 is 1.11 bits per heavy atom. The molecule has 0 saturated heterocycles. The summed E-state index contributed by atoms with van der Waals surface area (Å²) >= 11 is 0. The number of carbonyl (C=O) groups excluding carboxylic acids is 1. The first-order chi connectivity index (χ1) is 13.0. The van der Waals surface area contributed by atoms with Crippen molar-refractivity contribution in [2.24, 2.45) is 0 Å². The summed E-state index contributed by atoms with van der Waals surface area (Å²) in [6.45, 7) is 7.29. The fourth-order valence-electron chi connectivity index (χ4n) is 2.79. The molecular weight excluding hydrogens is 340 g/mol. The number of unbranched alkanes of at least 4 members (excludes halogenated alkanes) is 1. The monoisotopic (exact) mass is 362 g/mol. The van der Waals surface area contributed by atoms with E-state index < -0.39 is 5.97 Å². The van der Waals surface area contributed by atoms with E-state index in [2.05, 4.69) is 19.6 Å². The summed E-state index contributed by atoms with van der Waals surface area (Å²) in [5.41, 5.74) is 2.89. The molecule has 0 radical (unpaired) electrons. The Kier molecular flexibility index (Phi) is 5.55. The van der Waals surface area contributed by atoms with Crippen LogP contribution in [-0.2, 0) is 11.2 Å². The van der Waals surface area contributed by atoms with E-state index in [-0.39, 0.29) is 5.63 Å². The van der Waals surface area contributed by atoms with Gasteiger partial charge in [0.05, 0.1) is 5.56 Å². The lowest BCUT2D eigenvalue weighted by Crippen LogP contribution is -2.08. The van der Waals surface area contributed by atoms with Crippen LogP contribution in [0.4, 0.5) is 0 Å². The molecule has 2 aromatic carbocycles. The third kappa shape index (κ3) is 4.34. The first-order valence-corrected chi connectivity index (χ1v) is 9.03. The van der Waals surface area contributed by atoms with Crippen molar-refractivity contribution in [2.45, 2.75) is 33.1 Å². The fraction of sp³-hybridized carbons (Fsp3) is 0.217. The number of ether oxygens (including phenoxy) is 1. The van der Waals surface area contributed by atoms with E-state index in [9.17, 15) is 9.59 Å². The third-order valence-corrected chi connectivity index (χ3v) is 4.34. The molecule has 27 heavy (non-hydrogen) atoms. The summed E-state index contributed by atoms with van der Waals surface area (Å²) in [5.74, 6) is -0.0793. The van der Waals surface area contributed by atoms with Crippen LogP contribution in [0.1, 0.15) is 32.3 Å². The van der Waals surface area contributed by atoms with Crippen LogP contribution >= 0.6 is 0 Å². The highest BCUT2D eigenvalue weighted by atomic mass is 16.5. The number of fused-ring (bicyclic) bond motifs is 1. The van der Waals surface area contributed by atoms with Gasteiger partial charge in [-0.15, -0.1) is 0 Å². The Balaban J connectivity index is 1.90. The van der Waals surface area contributed by atoms with Crippen LogP contribution in [-0.4, -0.2) is 5.97 Å². The Morgan fingerprint density at radius 3 is 2.52 bits per heavy atom. The van der Waals surface area contributed by atoms with Gasteiger partial charge >= 0.3 is 11.6 Å². The van der Waals surface area contributed by atoms with Crippen molar-refractivity contribution < 1.29 is 13.9 Å². The first kappa shape index (κ1) is 18.6. The molecule has 1 heterocycles. The molecule has 0 fully saturated rings. The van der Waals surface area contributed by atoms with Crippen LogP contribution in [0.5, 0.6) is 5.75 Å². The van der Waals surface area contributed by atoms with Gasteiger partial charge in [-0.2, -0.15) is 0 Å². The average Bonchev–Trinajstić information content (AvgIpc) is 2.66. The largest absolute Gasteiger partial charge is 0.423 e. The van der Waals surface area contributed by atoms with Gasteiger partial charge < -0.3 is 9.15 Å². The van der Waals surface area contributed by atoms with Gasteiger partial charge in [0.25, 0.3) is 0 Å². The van der Waals surface area contributed by atoms with E-state index in [1.54, 1.807) is 31.2 Å². The van der Waals surface area contributed by atoms with E-state index in [1.165, 1.54) is 5.56 Å². The van der Waals surface area contributed by atoms with E-state index in [0.717, 1.165) is 24.6 Å². The minimum absolute atomic E-state index is 0.326. The molecule has 0 unspecified atom stereocenters. The first-order valence-electron chi connectivity index (χ1n) is 9.03. The number of carbonyl (C=O) groups is 1. The van der Waals surface area contributed by atoms with Gasteiger partial charge in [0.15, 0.2) is 0 Å². The molecule has 3 aromatic rings. The molecule has 0 aliphatic heterocycles. The maximum Gasteiger partial charge on any atom is 0.344 e. The maximum atomic E-state index is 12.4. The number of hydrogen-bond acceptors (Lipinski definition) is 4. The fourth-order valence-corrected chi connectivity index (χ4v) is 2.79. The minimum Gasteiger partial charge on any atom is -0.423 e. The second-order valence-corrected chi connectivity index (χ2v) is 6.62. The van der Waals surface area contributed by atoms with Gasteiger partial charge in [0, 0.05) is 11.0 Å². The lowest BCUT2D eigenvalue weighted by molar-refractivity contribution is -0.130. The van der Waals surface area contributed by atoms with Gasteiger partial charge in [-0.25, -0.2) is 9.59 Å². The van der Waals surface area contributed by atoms with Crippen molar-refractivity contribution in [1.29, 1.82) is 0 Å². The second kappa shape index (κ2) is 8.04. The quantitative estimate of drug-likeness (QED) is 0.259. The van der Waals surface area contributed by atoms with Crippen molar-refractivity contribution in [3.63, 3.8) is 0 Å². The van der Waals surface area contributed by atoms with Crippen molar-refractivity contribution in [3.05, 3.63) is 76.7 Å². The van der Waals surface area contributed by atoms with Gasteiger partial charge in [0.2, 0.25) is 0 Å². The standard InChI is InChI=1S/C23H22O4/c1-4-5-6-16-7-8-18-14-20(23(25)27-21(18)13-16)17-9-11-19(12-10-17)26-22(24)15(2)3/h7-14H,2,4-6H2,1,3H3. The predicted molar refractivity (Wildman–Crippen MR) is 107 cm³/mol. The highest BCUT2D eigenvalue weighted by molar-refractivity contribution is 5.89. The summed E-state index contributed by atoms with van der Waals surface area (Å²) in [6.07, 6.45) is 3.21. The molecule has 138 valence electrons. The minimum atomic E-state index is -0.480. The Labute approximate surface area is 158 Å². The van der Waals surface area contributed by atoms with Crippen LogP contribution in [0.15, 0.2) is 69.9 Å². The molecule has 0 saturated carbocycles. The van der Waals surface area contributed by atoms with Crippen LogP contribution in [0.2, 0.25) is 0 Å². The normalized spacial score (nSPS) is 10.7. The van der Waals surface area contributed by atoms with Crippen LogP contribution in [0.25, 0.3) is 22.1 Å². The predicted octanol–water partition coefficient (Wildman–Crippen LogP) is 5.28. The van der Waals surface area contributed by atoms with Gasteiger partial charge in [-0.3, -0.25) is 0 Å². The van der Waals surface area contributed by atoms with Gasteiger partial charge in [0.1, 0.15) is 11.3 Å². The van der Waals surface area contributed by atoms with Gasteiger partial charge in [-0.05, 0) is 55.2 Å². The number of benzene rings is 2. The van der Waals surface area contributed by atoms with Crippen LogP contribution in [0.3, 0.4) is 0 Å². The Hall–Kier alpha value is -3.14. The summed E-state index contributed by atoms with van der Waals surface area (Å²) < 4.78 is 10.7. The zero-order chi connectivity index (χ0) is 19.4. The maximum absolute atomic E-state index is 12.4. The molecule has 0 aliphatic rings. The molecule has 3 rings (SSSR count). The van der Waals surface area contributed by atoms with E-state index >= 15 is 0 Å². The Bertz CT molecular complexity index is 1040. The lowest BCUT2D eigenvalue weighted by Gasteiger charge is -2.07. The van der Waals surface area contributed by atoms with Crippen molar-refractivity contribution >= 4 is 16.9 Å². The van der Waals surface area contributed by atoms with Crippen molar-refractivity contribution in [2.75, 3.05) is 0 Å². The molecular formula is C23H22O4. The summed E-state index contributed by atoms with van der Waals surface area (Å²) in [6, 6.07) is 14.6. The molecule has 4 nitrogen and oxygen atoms in total. The zero-order valence-electron chi connectivity index (χ0n) is 15.6. The average molecular weight is 362 g/mol. The Morgan fingerprint density at radius 2 is 1.85 bits per heavy atom. The molecule has 0 aliphatic carbocycles. The second-order valence-electron chi connectivity index (χ2n) is 6.62. The van der Waals surface area contributed by atoms with Crippen molar-refractivity contribution in [1.82, 2.24) is 0 Å². The number of aryl methyl sites for hydroxylation is 1. The molecule has 4 heteroatoms. The van der Waals surface area contributed by atoms with Crippen LogP contribution in [0, 0.1) is 0 Å². The summed E-state index contributed by atoms with van der Waals surface area (Å²) in [7, 11) is 0. The molecule has 0 bridgehead atoms. The van der Waals surface area contributed by atoms with E-state index in [0.29, 0.717) is 28.0 Å². The SMILES string of the molecule is C=C(C)C(=O)Oc1ccc(-c2cc3ccc(CCCC)cc3oc2=O)cc1. The number of rotatable bonds is 6. The molecule has 0 spiro atoms. The number of hydrogen-bond donors (Lipinski definition) is 0. The van der Waals surface area contributed by atoms with E-state index in [1.807, 2.05) is 18.2 Å². The highest BCUT2D eigenvalue weighted by Crippen LogP contribution is 2.24. The molecule has 1 aromatic heterocycles. The topological polar surface area (TPSA) is 56.5 Å². The smallest absolute Gasteiger partial charge is 0.344 e. The summed E-state index contributed by atoms with van der Waals surface area (Å²) in [5, 5.41) is 0.877. The van der Waals surface area contributed by atoms with Crippen molar-refractivity contribution in [3.8, 4) is 16.9 Å².